The van der Waals surface area contributed by atoms with Crippen LogP contribution in [0.5, 0.6) is 0 Å². The van der Waals surface area contributed by atoms with Gasteiger partial charge in [-0.3, -0.25) is 0 Å². The fourth-order valence-electron chi connectivity index (χ4n) is 9.79. The van der Waals surface area contributed by atoms with Crippen LogP contribution in [0.1, 0.15) is 49.9 Å². The van der Waals surface area contributed by atoms with Gasteiger partial charge in [0.1, 0.15) is 11.2 Å². The van der Waals surface area contributed by atoms with Crippen LogP contribution in [0.3, 0.4) is 0 Å². The first-order valence-corrected chi connectivity index (χ1v) is 19.7. The highest BCUT2D eigenvalue weighted by atomic mass is 16.3. The molecule has 0 aliphatic heterocycles. The molecule has 1 heterocycles. The average molecular weight is 720 g/mol. The largest absolute Gasteiger partial charge is 0.456 e. The van der Waals surface area contributed by atoms with E-state index in [1.165, 1.54) is 61.3 Å². The first-order valence-electron chi connectivity index (χ1n) is 19.7. The standard InChI is InChI=1S/C54H41NO/c1-53(2)46-22-9-6-20-44(46)52-47(53)23-13-24-49(52)55(39-17-12-15-35(31-39)37-27-29-43-42-19-7-10-25-50(42)56-51(43)33-37)38-16-11-14-34(30-38)36-26-28-41-40-18-5-8-21-45(40)54(3,4)48(41)32-36/h5-33H,1-4H3. The number of rotatable bonds is 5. The summed E-state index contributed by atoms with van der Waals surface area (Å²) in [6, 6.07) is 64.7. The Bertz CT molecular complexity index is 3050. The monoisotopic (exact) mass is 719 g/mol. The molecule has 8 aromatic carbocycles. The third-order valence-electron chi connectivity index (χ3n) is 12.7. The molecule has 0 spiro atoms. The second-order valence-electron chi connectivity index (χ2n) is 16.5. The topological polar surface area (TPSA) is 16.4 Å². The molecule has 0 atom stereocenters. The summed E-state index contributed by atoms with van der Waals surface area (Å²) in [6.45, 7) is 9.42. The summed E-state index contributed by atoms with van der Waals surface area (Å²) in [5.74, 6) is 0. The molecule has 11 rings (SSSR count). The van der Waals surface area contributed by atoms with Crippen LogP contribution < -0.4 is 4.90 Å². The third kappa shape index (κ3) is 4.75. The molecule has 0 N–H and O–H groups in total. The summed E-state index contributed by atoms with van der Waals surface area (Å²) in [7, 11) is 0. The van der Waals surface area contributed by atoms with Crippen molar-refractivity contribution in [2.24, 2.45) is 0 Å². The zero-order valence-electron chi connectivity index (χ0n) is 32.1. The molecule has 268 valence electrons. The Hall–Kier alpha value is -6.64. The molecule has 2 aliphatic carbocycles. The zero-order chi connectivity index (χ0) is 37.8. The SMILES string of the molecule is CC1(C)c2ccccc2-c2ccc(-c3cccc(N(c4cccc(-c5ccc6c(c5)oc5ccccc56)c4)c4cccc5c4-c4ccccc4C5(C)C)c3)cc21. The molecule has 0 unspecified atom stereocenters. The van der Waals surface area contributed by atoms with E-state index in [1.54, 1.807) is 0 Å². The Kier molecular flexibility index (Phi) is 6.98. The van der Waals surface area contributed by atoms with Crippen molar-refractivity contribution in [1.82, 2.24) is 0 Å². The Morgan fingerprint density at radius 3 is 1.68 bits per heavy atom. The summed E-state index contributed by atoms with van der Waals surface area (Å²) in [4.78, 5) is 2.47. The summed E-state index contributed by atoms with van der Waals surface area (Å²) < 4.78 is 6.34. The number of benzene rings is 8. The Balaban J connectivity index is 1.09. The van der Waals surface area contributed by atoms with Gasteiger partial charge in [-0.2, -0.15) is 0 Å². The first-order chi connectivity index (χ1) is 27.3. The van der Waals surface area contributed by atoms with Crippen LogP contribution in [-0.2, 0) is 10.8 Å². The fraction of sp³-hybridized carbons (Fsp3) is 0.111. The minimum atomic E-state index is -0.117. The highest BCUT2D eigenvalue weighted by Gasteiger charge is 2.38. The second kappa shape index (κ2) is 11.9. The molecule has 0 bridgehead atoms. The van der Waals surface area contributed by atoms with Gasteiger partial charge in [0.15, 0.2) is 0 Å². The number of hydrogen-bond donors (Lipinski definition) is 0. The van der Waals surface area contributed by atoms with E-state index in [-0.39, 0.29) is 10.8 Å². The van der Waals surface area contributed by atoms with Crippen LogP contribution in [-0.4, -0.2) is 0 Å². The molecule has 2 nitrogen and oxygen atoms in total. The molecule has 56 heavy (non-hydrogen) atoms. The van der Waals surface area contributed by atoms with Crippen molar-refractivity contribution in [3.8, 4) is 44.5 Å². The minimum Gasteiger partial charge on any atom is -0.456 e. The van der Waals surface area contributed by atoms with Gasteiger partial charge in [-0.05, 0) is 116 Å². The Morgan fingerprint density at radius 1 is 0.375 bits per heavy atom. The number of furan rings is 1. The fourth-order valence-corrected chi connectivity index (χ4v) is 9.79. The maximum atomic E-state index is 6.34. The average Bonchev–Trinajstić information content (AvgIpc) is 3.81. The van der Waals surface area contributed by atoms with Gasteiger partial charge < -0.3 is 9.32 Å². The predicted octanol–water partition coefficient (Wildman–Crippen LogP) is 15.0. The molecule has 2 heteroatoms. The van der Waals surface area contributed by atoms with Crippen LogP contribution in [0.4, 0.5) is 17.1 Å². The first kappa shape index (κ1) is 32.8. The van der Waals surface area contributed by atoms with Crippen molar-refractivity contribution >= 4 is 39.0 Å². The molecule has 0 amide bonds. The van der Waals surface area contributed by atoms with Crippen molar-refractivity contribution in [3.63, 3.8) is 0 Å². The highest BCUT2D eigenvalue weighted by molar-refractivity contribution is 6.06. The van der Waals surface area contributed by atoms with Gasteiger partial charge in [0.25, 0.3) is 0 Å². The number of nitrogens with zero attached hydrogens (tertiary/aromatic N) is 1. The third-order valence-corrected chi connectivity index (χ3v) is 12.7. The zero-order valence-corrected chi connectivity index (χ0v) is 32.1. The summed E-state index contributed by atoms with van der Waals surface area (Å²) in [5, 5.41) is 2.28. The van der Waals surface area contributed by atoms with Crippen LogP contribution >= 0.6 is 0 Å². The predicted molar refractivity (Wildman–Crippen MR) is 234 cm³/mol. The van der Waals surface area contributed by atoms with E-state index in [1.807, 2.05) is 12.1 Å². The second-order valence-corrected chi connectivity index (χ2v) is 16.5. The molecular weight excluding hydrogens is 679 g/mol. The van der Waals surface area contributed by atoms with Gasteiger partial charge in [-0.1, -0.05) is 149 Å². The lowest BCUT2D eigenvalue weighted by Crippen LogP contribution is -2.16. The van der Waals surface area contributed by atoms with Crippen molar-refractivity contribution in [2.75, 3.05) is 4.90 Å². The van der Waals surface area contributed by atoms with Gasteiger partial charge in [-0.25, -0.2) is 0 Å². The van der Waals surface area contributed by atoms with E-state index in [4.69, 9.17) is 4.42 Å². The van der Waals surface area contributed by atoms with E-state index >= 15 is 0 Å². The minimum absolute atomic E-state index is 0.0673. The lowest BCUT2D eigenvalue weighted by Gasteiger charge is -2.29. The van der Waals surface area contributed by atoms with Crippen LogP contribution in [0.25, 0.3) is 66.4 Å². The maximum absolute atomic E-state index is 6.34. The Labute approximate surface area is 328 Å². The molecular formula is C54H41NO. The van der Waals surface area contributed by atoms with Crippen molar-refractivity contribution in [1.29, 1.82) is 0 Å². The summed E-state index contributed by atoms with van der Waals surface area (Å²) in [5.41, 5.74) is 20.5. The molecule has 0 fully saturated rings. The molecule has 1 aromatic heterocycles. The Morgan fingerprint density at radius 2 is 0.911 bits per heavy atom. The van der Waals surface area contributed by atoms with Crippen LogP contribution in [0.15, 0.2) is 180 Å². The lowest BCUT2D eigenvalue weighted by molar-refractivity contribution is 0.660. The van der Waals surface area contributed by atoms with E-state index in [2.05, 4.69) is 196 Å². The molecule has 0 saturated carbocycles. The lowest BCUT2D eigenvalue weighted by atomic mass is 9.81. The van der Waals surface area contributed by atoms with Gasteiger partial charge in [-0.15, -0.1) is 0 Å². The van der Waals surface area contributed by atoms with Gasteiger partial charge >= 0.3 is 0 Å². The molecule has 0 radical (unpaired) electrons. The van der Waals surface area contributed by atoms with E-state index in [9.17, 15) is 0 Å². The van der Waals surface area contributed by atoms with Gasteiger partial charge in [0.2, 0.25) is 0 Å². The van der Waals surface area contributed by atoms with Gasteiger partial charge in [0.05, 0.1) is 5.69 Å². The van der Waals surface area contributed by atoms with E-state index in [0.717, 1.165) is 44.4 Å². The maximum Gasteiger partial charge on any atom is 0.136 e. The molecule has 2 aliphatic rings. The number of fused-ring (bicyclic) bond motifs is 9. The smallest absolute Gasteiger partial charge is 0.136 e. The number of para-hydroxylation sites is 1. The van der Waals surface area contributed by atoms with Crippen molar-refractivity contribution in [2.45, 2.75) is 38.5 Å². The molecule has 0 saturated heterocycles. The van der Waals surface area contributed by atoms with E-state index in [0.29, 0.717) is 0 Å². The van der Waals surface area contributed by atoms with Crippen molar-refractivity contribution < 1.29 is 4.42 Å². The van der Waals surface area contributed by atoms with Crippen LogP contribution in [0.2, 0.25) is 0 Å². The van der Waals surface area contributed by atoms with Crippen molar-refractivity contribution in [3.05, 3.63) is 198 Å². The van der Waals surface area contributed by atoms with Gasteiger partial charge in [0, 0.05) is 38.5 Å². The summed E-state index contributed by atoms with van der Waals surface area (Å²) >= 11 is 0. The van der Waals surface area contributed by atoms with Crippen LogP contribution in [0, 0.1) is 0 Å². The summed E-state index contributed by atoms with van der Waals surface area (Å²) in [6.07, 6.45) is 0. The highest BCUT2D eigenvalue weighted by Crippen LogP contribution is 2.55. The normalized spacial score (nSPS) is 14.4. The molecule has 9 aromatic rings. The quantitative estimate of drug-likeness (QED) is 0.176. The number of hydrogen-bond acceptors (Lipinski definition) is 2. The van der Waals surface area contributed by atoms with E-state index < -0.39 is 0 Å². The number of anilines is 3.